The number of hydrogen-bond donors (Lipinski definition) is 2. The number of aliphatic carboxylic acids is 1. The van der Waals surface area contributed by atoms with E-state index in [0.717, 1.165) is 11.3 Å². The maximum absolute atomic E-state index is 11.7. The molecule has 0 heterocycles. The summed E-state index contributed by atoms with van der Waals surface area (Å²) in [6.07, 6.45) is 0. The quantitative estimate of drug-likeness (QED) is 0.813. The van der Waals surface area contributed by atoms with E-state index in [2.05, 4.69) is 5.32 Å². The molecule has 0 aliphatic heterocycles. The minimum absolute atomic E-state index is 0.161. The van der Waals surface area contributed by atoms with E-state index in [1.807, 2.05) is 43.9 Å². The molecule has 0 radical (unpaired) electrons. The van der Waals surface area contributed by atoms with Crippen LogP contribution >= 0.6 is 0 Å². The Labute approximate surface area is 113 Å². The standard InChI is InChI=1S/C14H20N2O3/c1-4-16(9-13(17)15-8-14(18)19)12-7-5-6-10(2)11(12)3/h5-7H,4,8-9H2,1-3H3,(H,15,17)(H,18,19). The molecule has 0 atom stereocenters. The van der Waals surface area contributed by atoms with Gasteiger partial charge in [0.05, 0.1) is 6.54 Å². The Morgan fingerprint density at radius 1 is 1.32 bits per heavy atom. The summed E-state index contributed by atoms with van der Waals surface area (Å²) in [5.41, 5.74) is 3.31. The summed E-state index contributed by atoms with van der Waals surface area (Å²) in [4.78, 5) is 24.0. The Morgan fingerprint density at radius 2 is 2.00 bits per heavy atom. The molecule has 0 saturated heterocycles. The number of aryl methyl sites for hydroxylation is 1. The van der Waals surface area contributed by atoms with E-state index in [9.17, 15) is 9.59 Å². The van der Waals surface area contributed by atoms with Crippen LogP contribution in [0.5, 0.6) is 0 Å². The monoisotopic (exact) mass is 264 g/mol. The van der Waals surface area contributed by atoms with Crippen LogP contribution < -0.4 is 10.2 Å². The smallest absolute Gasteiger partial charge is 0.322 e. The van der Waals surface area contributed by atoms with Crippen LogP contribution in [0.1, 0.15) is 18.1 Å². The van der Waals surface area contributed by atoms with Crippen LogP contribution in [0.4, 0.5) is 5.69 Å². The number of anilines is 1. The van der Waals surface area contributed by atoms with Crippen molar-refractivity contribution in [3.63, 3.8) is 0 Å². The summed E-state index contributed by atoms with van der Waals surface area (Å²) >= 11 is 0. The molecule has 0 unspecified atom stereocenters. The average molecular weight is 264 g/mol. The van der Waals surface area contributed by atoms with Crippen LogP contribution in [0, 0.1) is 13.8 Å². The third-order valence-electron chi connectivity index (χ3n) is 3.07. The summed E-state index contributed by atoms with van der Waals surface area (Å²) in [6, 6.07) is 5.95. The first kappa shape index (κ1) is 15.0. The molecule has 0 bridgehead atoms. The fourth-order valence-electron chi connectivity index (χ4n) is 1.85. The number of amides is 1. The molecule has 1 amide bonds. The molecule has 1 aromatic carbocycles. The molecule has 5 heteroatoms. The Kier molecular flexibility index (Phi) is 5.36. The lowest BCUT2D eigenvalue weighted by Gasteiger charge is -2.25. The van der Waals surface area contributed by atoms with Crippen LogP contribution in [0.25, 0.3) is 0 Å². The minimum atomic E-state index is -1.04. The van der Waals surface area contributed by atoms with Crippen molar-refractivity contribution >= 4 is 17.6 Å². The number of nitrogens with zero attached hydrogens (tertiary/aromatic N) is 1. The van der Waals surface area contributed by atoms with Crippen molar-refractivity contribution in [2.45, 2.75) is 20.8 Å². The number of rotatable bonds is 6. The molecular weight excluding hydrogens is 244 g/mol. The van der Waals surface area contributed by atoms with Gasteiger partial charge in [0.2, 0.25) is 5.91 Å². The highest BCUT2D eigenvalue weighted by Gasteiger charge is 2.13. The number of carboxylic acids is 1. The minimum Gasteiger partial charge on any atom is -0.480 e. The Hall–Kier alpha value is -2.04. The van der Waals surface area contributed by atoms with E-state index in [-0.39, 0.29) is 19.0 Å². The number of benzene rings is 1. The van der Waals surface area contributed by atoms with Gasteiger partial charge >= 0.3 is 5.97 Å². The number of carbonyl (C=O) groups is 2. The third kappa shape index (κ3) is 4.28. The number of nitrogens with one attached hydrogen (secondary N) is 1. The molecule has 104 valence electrons. The van der Waals surface area contributed by atoms with Gasteiger partial charge in [-0.25, -0.2) is 0 Å². The van der Waals surface area contributed by atoms with Crippen molar-refractivity contribution in [1.29, 1.82) is 0 Å². The fourth-order valence-corrected chi connectivity index (χ4v) is 1.85. The summed E-state index contributed by atoms with van der Waals surface area (Å²) < 4.78 is 0. The number of hydrogen-bond acceptors (Lipinski definition) is 3. The SMILES string of the molecule is CCN(CC(=O)NCC(=O)O)c1cccc(C)c1C. The molecular formula is C14H20N2O3. The number of carbonyl (C=O) groups excluding carboxylic acids is 1. The van der Waals surface area contributed by atoms with Gasteiger partial charge in [-0.15, -0.1) is 0 Å². The van der Waals surface area contributed by atoms with Gasteiger partial charge in [0.15, 0.2) is 0 Å². The van der Waals surface area contributed by atoms with Crippen molar-refractivity contribution in [2.24, 2.45) is 0 Å². The van der Waals surface area contributed by atoms with Crippen molar-refractivity contribution in [3.05, 3.63) is 29.3 Å². The second kappa shape index (κ2) is 6.78. The van der Waals surface area contributed by atoms with Gasteiger partial charge in [-0.1, -0.05) is 12.1 Å². The first-order valence-electron chi connectivity index (χ1n) is 6.25. The maximum atomic E-state index is 11.7. The molecule has 5 nitrogen and oxygen atoms in total. The van der Waals surface area contributed by atoms with Gasteiger partial charge < -0.3 is 15.3 Å². The maximum Gasteiger partial charge on any atom is 0.322 e. The highest BCUT2D eigenvalue weighted by molar-refractivity contribution is 5.85. The third-order valence-corrected chi connectivity index (χ3v) is 3.07. The molecule has 1 rings (SSSR count). The van der Waals surface area contributed by atoms with Gasteiger partial charge in [-0.3, -0.25) is 9.59 Å². The fraction of sp³-hybridized carbons (Fsp3) is 0.429. The zero-order valence-electron chi connectivity index (χ0n) is 11.6. The van der Waals surface area contributed by atoms with E-state index < -0.39 is 5.97 Å². The lowest BCUT2D eigenvalue weighted by molar-refractivity contribution is -0.137. The largest absolute Gasteiger partial charge is 0.480 e. The molecule has 0 aromatic heterocycles. The average Bonchev–Trinajstić information content (AvgIpc) is 2.37. The van der Waals surface area contributed by atoms with E-state index in [0.29, 0.717) is 6.54 Å². The van der Waals surface area contributed by atoms with Gasteiger partial charge in [0.25, 0.3) is 0 Å². The lowest BCUT2D eigenvalue weighted by atomic mass is 10.1. The first-order chi connectivity index (χ1) is 8.95. The molecule has 0 saturated carbocycles. The van der Waals surface area contributed by atoms with Crippen molar-refractivity contribution in [1.82, 2.24) is 5.32 Å². The van der Waals surface area contributed by atoms with Crippen molar-refractivity contribution in [2.75, 3.05) is 24.5 Å². The summed E-state index contributed by atoms with van der Waals surface area (Å²) in [7, 11) is 0. The second-order valence-corrected chi connectivity index (χ2v) is 4.40. The highest BCUT2D eigenvalue weighted by Crippen LogP contribution is 2.22. The Bertz CT molecular complexity index is 472. The summed E-state index contributed by atoms with van der Waals surface area (Å²) in [5, 5.41) is 10.9. The van der Waals surface area contributed by atoms with Crippen LogP contribution in [-0.4, -0.2) is 36.6 Å². The Morgan fingerprint density at radius 3 is 2.58 bits per heavy atom. The van der Waals surface area contributed by atoms with Crippen LogP contribution in [0.2, 0.25) is 0 Å². The normalized spacial score (nSPS) is 10.1. The van der Waals surface area contributed by atoms with Crippen molar-refractivity contribution < 1.29 is 14.7 Å². The zero-order valence-corrected chi connectivity index (χ0v) is 11.6. The molecule has 0 aliphatic rings. The summed E-state index contributed by atoms with van der Waals surface area (Å²) in [5.74, 6) is -1.33. The molecule has 0 spiro atoms. The van der Waals surface area contributed by atoms with Crippen LogP contribution in [0.3, 0.4) is 0 Å². The predicted octanol–water partition coefficient (Wildman–Crippen LogP) is 1.33. The van der Waals surface area contributed by atoms with E-state index in [4.69, 9.17) is 5.11 Å². The van der Waals surface area contributed by atoms with Gasteiger partial charge in [0, 0.05) is 12.2 Å². The molecule has 2 N–H and O–H groups in total. The van der Waals surface area contributed by atoms with E-state index in [1.165, 1.54) is 5.56 Å². The van der Waals surface area contributed by atoms with E-state index >= 15 is 0 Å². The highest BCUT2D eigenvalue weighted by atomic mass is 16.4. The predicted molar refractivity (Wildman–Crippen MR) is 74.4 cm³/mol. The molecule has 0 fully saturated rings. The van der Waals surface area contributed by atoms with Gasteiger partial charge in [0.1, 0.15) is 6.54 Å². The van der Waals surface area contributed by atoms with Crippen LogP contribution in [0.15, 0.2) is 18.2 Å². The van der Waals surface area contributed by atoms with Gasteiger partial charge in [-0.05, 0) is 38.0 Å². The summed E-state index contributed by atoms with van der Waals surface area (Å²) in [6.45, 7) is 6.51. The molecule has 0 aliphatic carbocycles. The van der Waals surface area contributed by atoms with Gasteiger partial charge in [-0.2, -0.15) is 0 Å². The molecule has 19 heavy (non-hydrogen) atoms. The first-order valence-corrected chi connectivity index (χ1v) is 6.25. The number of carboxylic acid groups (broad SMARTS) is 1. The topological polar surface area (TPSA) is 69.6 Å². The van der Waals surface area contributed by atoms with Crippen LogP contribution in [-0.2, 0) is 9.59 Å². The van der Waals surface area contributed by atoms with E-state index in [1.54, 1.807) is 0 Å². The number of likely N-dealkylation sites (N-methyl/N-ethyl adjacent to an activating group) is 1. The molecule has 1 aromatic rings. The lowest BCUT2D eigenvalue weighted by Crippen LogP contribution is -2.39. The Balaban J connectivity index is 2.75. The second-order valence-electron chi connectivity index (χ2n) is 4.40. The zero-order chi connectivity index (χ0) is 14.4. The van der Waals surface area contributed by atoms with Crippen molar-refractivity contribution in [3.8, 4) is 0 Å².